The molecule has 1 N–H and O–H groups in total. The number of methoxy groups -OCH3 is 1. The normalized spacial score (nSPS) is 27.5. The topological polar surface area (TPSA) is 46.5 Å². The average molecular weight is 189 g/mol. The minimum absolute atomic E-state index is 0.193. The maximum absolute atomic E-state index is 11.3. The van der Waals surface area contributed by atoms with Gasteiger partial charge in [0, 0.05) is 18.6 Å². The minimum atomic E-state index is -0.555. The van der Waals surface area contributed by atoms with E-state index in [1.165, 1.54) is 13.2 Å². The van der Waals surface area contributed by atoms with E-state index in [1.807, 2.05) is 0 Å². The number of ether oxygens (including phenoxy) is 1. The molecule has 12 heavy (non-hydrogen) atoms. The summed E-state index contributed by atoms with van der Waals surface area (Å²) in [5.74, 6) is -0.232. The van der Waals surface area contributed by atoms with Crippen LogP contribution in [0.3, 0.4) is 0 Å². The summed E-state index contributed by atoms with van der Waals surface area (Å²) in [4.78, 5) is 11.3. The first-order chi connectivity index (χ1) is 5.69. The van der Waals surface area contributed by atoms with Gasteiger partial charge in [-0.15, -0.1) is 0 Å². The van der Waals surface area contributed by atoms with Gasteiger partial charge in [-0.3, -0.25) is 4.79 Å². The molecule has 0 aromatic carbocycles. The van der Waals surface area contributed by atoms with E-state index in [9.17, 15) is 4.79 Å². The largest absolute Gasteiger partial charge is 0.515 e. The highest BCUT2D eigenvalue weighted by Gasteiger charge is 2.26. The summed E-state index contributed by atoms with van der Waals surface area (Å²) >= 11 is 5.71. The predicted molar refractivity (Wildman–Crippen MR) is 45.1 cm³/mol. The lowest BCUT2D eigenvalue weighted by molar-refractivity contribution is -0.124. The Labute approximate surface area is 75.3 Å². The molecule has 4 heteroatoms. The molecule has 66 valence electrons. The molecular weight excluding hydrogens is 180 g/mol. The molecule has 0 aromatic rings. The third-order valence-corrected chi connectivity index (χ3v) is 1.96. The molecule has 0 amide bonds. The molecule has 1 atom stereocenters. The molecule has 0 aliphatic heterocycles. The first-order valence-electron chi connectivity index (χ1n) is 3.46. The molecule has 0 saturated heterocycles. The van der Waals surface area contributed by atoms with Gasteiger partial charge >= 0.3 is 0 Å². The lowest BCUT2D eigenvalue weighted by atomic mass is 9.98. The lowest BCUT2D eigenvalue weighted by Crippen LogP contribution is -2.27. The van der Waals surface area contributed by atoms with E-state index >= 15 is 0 Å². The molecule has 0 saturated carbocycles. The molecule has 1 rings (SSSR count). The molecule has 0 radical (unpaired) electrons. The molecule has 1 aliphatic rings. The van der Waals surface area contributed by atoms with Crippen molar-refractivity contribution in [2.45, 2.75) is 12.5 Å². The summed E-state index contributed by atoms with van der Waals surface area (Å²) in [6.45, 7) is 0. The Kier molecular flexibility index (Phi) is 2.89. The van der Waals surface area contributed by atoms with Crippen molar-refractivity contribution in [3.63, 3.8) is 0 Å². The van der Waals surface area contributed by atoms with Crippen LogP contribution in [0.2, 0.25) is 0 Å². The summed E-state index contributed by atoms with van der Waals surface area (Å²) < 4.78 is 4.88. The van der Waals surface area contributed by atoms with Gasteiger partial charge in [0.15, 0.2) is 5.78 Å². The minimum Gasteiger partial charge on any atom is -0.515 e. The predicted octanol–water partition coefficient (Wildman–Crippen LogP) is 1.54. The number of hydrogen-bond donors (Lipinski definition) is 1. The van der Waals surface area contributed by atoms with Crippen molar-refractivity contribution in [1.82, 2.24) is 0 Å². The number of rotatable bonds is 1. The monoisotopic (exact) mass is 188 g/mol. The van der Waals surface area contributed by atoms with E-state index in [0.29, 0.717) is 11.5 Å². The molecule has 0 aromatic heterocycles. The van der Waals surface area contributed by atoms with Crippen LogP contribution in [0.25, 0.3) is 0 Å². The Morgan fingerprint density at radius 1 is 1.83 bits per heavy atom. The second-order valence-corrected chi connectivity index (χ2v) is 2.95. The average Bonchev–Trinajstić information content (AvgIpc) is 2.08. The van der Waals surface area contributed by atoms with Crippen molar-refractivity contribution in [3.8, 4) is 0 Å². The summed E-state index contributed by atoms with van der Waals surface area (Å²) in [6.07, 6.45) is 2.02. The highest BCUT2D eigenvalue weighted by molar-refractivity contribution is 6.31. The van der Waals surface area contributed by atoms with Crippen LogP contribution in [0.5, 0.6) is 0 Å². The number of carbonyl (C=O) groups is 1. The van der Waals surface area contributed by atoms with Gasteiger partial charge in [-0.2, -0.15) is 0 Å². The molecule has 0 bridgehead atoms. The second-order valence-electron chi connectivity index (χ2n) is 2.47. The van der Waals surface area contributed by atoms with E-state index in [2.05, 4.69) is 0 Å². The number of halogens is 1. The third-order valence-electron chi connectivity index (χ3n) is 1.69. The second kappa shape index (κ2) is 3.74. The van der Waals surface area contributed by atoms with Gasteiger partial charge in [0.25, 0.3) is 0 Å². The van der Waals surface area contributed by atoms with Crippen molar-refractivity contribution in [1.29, 1.82) is 0 Å². The van der Waals surface area contributed by atoms with Crippen molar-refractivity contribution in [2.24, 2.45) is 0 Å². The molecule has 0 fully saturated rings. The van der Waals surface area contributed by atoms with Crippen LogP contribution in [-0.4, -0.2) is 24.1 Å². The van der Waals surface area contributed by atoms with E-state index in [4.69, 9.17) is 21.4 Å². The number of aliphatic hydroxyl groups excluding tert-OH is 1. The van der Waals surface area contributed by atoms with Crippen LogP contribution in [-0.2, 0) is 9.53 Å². The fourth-order valence-corrected chi connectivity index (χ4v) is 1.30. The fourth-order valence-electron chi connectivity index (χ4n) is 1.05. The van der Waals surface area contributed by atoms with Crippen LogP contribution >= 0.6 is 11.6 Å². The van der Waals surface area contributed by atoms with Crippen molar-refractivity contribution in [2.75, 3.05) is 7.11 Å². The fraction of sp³-hybridized carbons (Fsp3) is 0.375. The number of hydrogen-bond acceptors (Lipinski definition) is 3. The number of ketones is 1. The van der Waals surface area contributed by atoms with E-state index < -0.39 is 6.10 Å². The maximum Gasteiger partial charge on any atom is 0.195 e. The zero-order chi connectivity index (χ0) is 9.14. The smallest absolute Gasteiger partial charge is 0.195 e. The highest BCUT2D eigenvalue weighted by Crippen LogP contribution is 2.23. The summed E-state index contributed by atoms with van der Waals surface area (Å²) in [6, 6.07) is 0. The van der Waals surface area contributed by atoms with Crippen molar-refractivity contribution < 1.29 is 14.6 Å². The van der Waals surface area contributed by atoms with Gasteiger partial charge in [0.1, 0.15) is 6.10 Å². The number of carbonyl (C=O) groups excluding carboxylic acids is 1. The Morgan fingerprint density at radius 2 is 2.50 bits per heavy atom. The standard InChI is InChI=1S/C8H9ClO3/c1-12-7-3-6(9)2-5(4-10)8(7)11/h2,4,7,10H,3H2,1H3/t7-/m0/s1. The van der Waals surface area contributed by atoms with E-state index in [-0.39, 0.29) is 11.4 Å². The Balaban J connectivity index is 2.93. The lowest BCUT2D eigenvalue weighted by Gasteiger charge is -2.18. The van der Waals surface area contributed by atoms with Crippen LogP contribution in [0, 0.1) is 0 Å². The summed E-state index contributed by atoms with van der Waals surface area (Å²) in [7, 11) is 1.44. The Hall–Kier alpha value is -0.800. The molecule has 0 spiro atoms. The Morgan fingerprint density at radius 3 is 3.00 bits per heavy atom. The van der Waals surface area contributed by atoms with Gasteiger partial charge in [-0.25, -0.2) is 0 Å². The molecule has 1 aliphatic carbocycles. The number of aliphatic hydroxyl groups is 1. The molecule has 0 unspecified atom stereocenters. The van der Waals surface area contributed by atoms with Crippen molar-refractivity contribution in [3.05, 3.63) is 22.9 Å². The zero-order valence-corrected chi connectivity index (χ0v) is 7.34. The first-order valence-corrected chi connectivity index (χ1v) is 3.84. The summed E-state index contributed by atoms with van der Waals surface area (Å²) in [5.41, 5.74) is 0.193. The first kappa shape index (κ1) is 9.29. The molecular formula is C8H9ClO3. The van der Waals surface area contributed by atoms with Crippen molar-refractivity contribution >= 4 is 17.4 Å². The molecule has 0 heterocycles. The van der Waals surface area contributed by atoms with Crippen LogP contribution in [0.1, 0.15) is 6.42 Å². The summed E-state index contributed by atoms with van der Waals surface area (Å²) in [5, 5.41) is 9.17. The highest BCUT2D eigenvalue weighted by atomic mass is 35.5. The third kappa shape index (κ3) is 1.68. The molecule has 3 nitrogen and oxygen atoms in total. The van der Waals surface area contributed by atoms with E-state index in [1.54, 1.807) is 0 Å². The van der Waals surface area contributed by atoms with E-state index in [0.717, 1.165) is 6.26 Å². The SMILES string of the molecule is CO[C@H]1CC(Cl)=CC(=CO)C1=O. The van der Waals surface area contributed by atoms with Gasteiger partial charge < -0.3 is 9.84 Å². The maximum atomic E-state index is 11.3. The van der Waals surface area contributed by atoms with Crippen LogP contribution < -0.4 is 0 Å². The van der Waals surface area contributed by atoms with Gasteiger partial charge in [0.2, 0.25) is 0 Å². The number of Topliss-reactive ketones (excluding diaryl/α,β-unsaturated/α-hetero) is 1. The van der Waals surface area contributed by atoms with Gasteiger partial charge in [0.05, 0.1) is 11.8 Å². The zero-order valence-electron chi connectivity index (χ0n) is 6.58. The quantitative estimate of drug-likeness (QED) is 0.502. The van der Waals surface area contributed by atoms with Gasteiger partial charge in [-0.05, 0) is 6.08 Å². The van der Waals surface area contributed by atoms with Gasteiger partial charge in [-0.1, -0.05) is 11.6 Å². The number of allylic oxidation sites excluding steroid dienone is 1. The Bertz CT molecular complexity index is 255. The van der Waals surface area contributed by atoms with Crippen LogP contribution in [0.4, 0.5) is 0 Å². The van der Waals surface area contributed by atoms with Crippen LogP contribution in [0.15, 0.2) is 22.9 Å².